The van der Waals surface area contributed by atoms with Crippen molar-refractivity contribution in [2.45, 2.75) is 124 Å². The van der Waals surface area contributed by atoms with Gasteiger partial charge < -0.3 is 20.1 Å². The molecule has 1 heterocycles. The standard InChI is InChI=1S/C30H48O5/c1-16-8-9-21(35-26(16)34)17(2)18-10-13-29(6)25-19(31)14-22-27(3,4)23(33)11-12-28(22,5)24(25)20(32)15-30(18,29)7/h16-23,31-33H,8-15H2,1-7H3. The number of aliphatic hydroxyl groups is 3. The summed E-state index contributed by atoms with van der Waals surface area (Å²) < 4.78 is 5.92. The maximum Gasteiger partial charge on any atom is 0.308 e. The second-order valence-electron chi connectivity index (χ2n) is 14.4. The van der Waals surface area contributed by atoms with E-state index in [4.69, 9.17) is 4.74 Å². The third-order valence-electron chi connectivity index (χ3n) is 12.5. The Bertz CT molecular complexity index is 924. The number of hydrogen-bond donors (Lipinski definition) is 3. The van der Waals surface area contributed by atoms with E-state index in [9.17, 15) is 20.1 Å². The maximum absolute atomic E-state index is 12.4. The molecule has 0 spiro atoms. The summed E-state index contributed by atoms with van der Waals surface area (Å²) in [5, 5.41) is 34.4. The predicted octanol–water partition coefficient (Wildman–Crippen LogP) is 5.02. The zero-order valence-corrected chi connectivity index (χ0v) is 22.9. The van der Waals surface area contributed by atoms with Gasteiger partial charge in [-0.25, -0.2) is 0 Å². The van der Waals surface area contributed by atoms with Crippen LogP contribution in [0.2, 0.25) is 0 Å². The number of carbonyl (C=O) groups is 1. The molecule has 0 aromatic heterocycles. The van der Waals surface area contributed by atoms with E-state index in [2.05, 4.69) is 41.5 Å². The van der Waals surface area contributed by atoms with Crippen LogP contribution in [0.1, 0.15) is 99.8 Å². The van der Waals surface area contributed by atoms with Crippen LogP contribution in [0.15, 0.2) is 11.1 Å². The SMILES string of the molecule is CC1CCC(C(C)C2CCC3(C)C4=C(C(O)CC23C)C2(C)CCC(O)C(C)(C)C2CC4O)OC1=O. The molecule has 0 amide bonds. The van der Waals surface area contributed by atoms with Crippen LogP contribution >= 0.6 is 0 Å². The van der Waals surface area contributed by atoms with Gasteiger partial charge in [-0.05, 0) is 102 Å². The van der Waals surface area contributed by atoms with Crippen molar-refractivity contribution in [2.24, 2.45) is 45.3 Å². The van der Waals surface area contributed by atoms with E-state index in [1.165, 1.54) is 0 Å². The first kappa shape index (κ1) is 25.7. The quantitative estimate of drug-likeness (QED) is 0.375. The predicted molar refractivity (Wildman–Crippen MR) is 135 cm³/mol. The summed E-state index contributed by atoms with van der Waals surface area (Å²) >= 11 is 0. The second kappa shape index (κ2) is 8.04. The average Bonchev–Trinajstić information content (AvgIpc) is 3.05. The molecule has 11 unspecified atom stereocenters. The molecule has 5 rings (SSSR count). The molecule has 0 aromatic rings. The Kier molecular flexibility index (Phi) is 5.91. The molecule has 3 fully saturated rings. The van der Waals surface area contributed by atoms with Crippen LogP contribution in [0.25, 0.3) is 0 Å². The molecule has 1 saturated heterocycles. The average molecular weight is 489 g/mol. The lowest BCUT2D eigenvalue weighted by Crippen LogP contribution is -2.60. The van der Waals surface area contributed by atoms with Gasteiger partial charge in [0, 0.05) is 0 Å². The monoisotopic (exact) mass is 488 g/mol. The van der Waals surface area contributed by atoms with Gasteiger partial charge in [-0.15, -0.1) is 0 Å². The Labute approximate surface area is 211 Å². The molecule has 35 heavy (non-hydrogen) atoms. The van der Waals surface area contributed by atoms with Gasteiger partial charge in [0.2, 0.25) is 0 Å². The first-order chi connectivity index (χ1) is 16.2. The Balaban J connectivity index is 1.54. The van der Waals surface area contributed by atoms with Gasteiger partial charge in [-0.2, -0.15) is 0 Å². The lowest BCUT2D eigenvalue weighted by atomic mass is 9.42. The number of carbonyl (C=O) groups excluding carboxylic acids is 1. The minimum atomic E-state index is -0.589. The van der Waals surface area contributed by atoms with E-state index >= 15 is 0 Å². The van der Waals surface area contributed by atoms with Crippen LogP contribution in [0.4, 0.5) is 0 Å². The molecular weight excluding hydrogens is 440 g/mol. The summed E-state index contributed by atoms with van der Waals surface area (Å²) in [5.74, 6) is 0.591. The molecule has 4 aliphatic carbocycles. The van der Waals surface area contributed by atoms with E-state index in [-0.39, 0.29) is 57.6 Å². The zero-order valence-electron chi connectivity index (χ0n) is 22.9. The van der Waals surface area contributed by atoms with Crippen molar-refractivity contribution < 1.29 is 24.9 Å². The van der Waals surface area contributed by atoms with E-state index in [1.807, 2.05) is 6.92 Å². The fourth-order valence-electron chi connectivity index (χ4n) is 10.1. The minimum Gasteiger partial charge on any atom is -0.462 e. The Morgan fingerprint density at radius 3 is 2.26 bits per heavy atom. The largest absolute Gasteiger partial charge is 0.462 e. The molecule has 0 bridgehead atoms. The second-order valence-corrected chi connectivity index (χ2v) is 14.4. The summed E-state index contributed by atoms with van der Waals surface area (Å²) in [6.45, 7) is 15.4. The Morgan fingerprint density at radius 1 is 0.914 bits per heavy atom. The van der Waals surface area contributed by atoms with E-state index < -0.39 is 12.2 Å². The summed E-state index contributed by atoms with van der Waals surface area (Å²) in [6, 6.07) is 0. The van der Waals surface area contributed by atoms with Gasteiger partial charge in [-0.3, -0.25) is 4.79 Å². The Morgan fingerprint density at radius 2 is 1.60 bits per heavy atom. The van der Waals surface area contributed by atoms with Crippen molar-refractivity contribution in [3.05, 3.63) is 11.1 Å². The van der Waals surface area contributed by atoms with Crippen molar-refractivity contribution in [3.63, 3.8) is 0 Å². The molecule has 0 radical (unpaired) electrons. The number of esters is 1. The summed E-state index contributed by atoms with van der Waals surface area (Å²) in [5.41, 5.74) is 1.32. The first-order valence-electron chi connectivity index (χ1n) is 14.2. The van der Waals surface area contributed by atoms with Crippen molar-refractivity contribution in [3.8, 4) is 0 Å². The Hall–Kier alpha value is -0.910. The lowest BCUT2D eigenvalue weighted by Gasteiger charge is -2.64. The number of rotatable bonds is 2. The molecule has 198 valence electrons. The fourth-order valence-corrected chi connectivity index (χ4v) is 10.1. The van der Waals surface area contributed by atoms with Gasteiger partial charge in [-0.1, -0.05) is 48.5 Å². The van der Waals surface area contributed by atoms with Crippen LogP contribution in [0.3, 0.4) is 0 Å². The van der Waals surface area contributed by atoms with Gasteiger partial charge in [0.1, 0.15) is 6.10 Å². The van der Waals surface area contributed by atoms with Gasteiger partial charge >= 0.3 is 5.97 Å². The molecule has 5 nitrogen and oxygen atoms in total. The molecule has 1 aliphatic heterocycles. The van der Waals surface area contributed by atoms with Crippen LogP contribution < -0.4 is 0 Å². The third-order valence-corrected chi connectivity index (χ3v) is 12.5. The van der Waals surface area contributed by atoms with Crippen LogP contribution in [0, 0.1) is 45.3 Å². The van der Waals surface area contributed by atoms with Gasteiger partial charge in [0.05, 0.1) is 24.2 Å². The highest BCUT2D eigenvalue weighted by atomic mass is 16.5. The number of ether oxygens (including phenoxy) is 1. The number of cyclic esters (lactones) is 1. The highest BCUT2D eigenvalue weighted by Gasteiger charge is 2.67. The normalized spacial score (nSPS) is 52.3. The summed E-state index contributed by atoms with van der Waals surface area (Å²) in [6.07, 6.45) is 5.12. The lowest BCUT2D eigenvalue weighted by molar-refractivity contribution is -0.166. The number of fused-ring (bicyclic) bond motifs is 4. The fraction of sp³-hybridized carbons (Fsp3) is 0.900. The third kappa shape index (κ3) is 3.32. The van der Waals surface area contributed by atoms with E-state index in [0.717, 1.165) is 49.7 Å². The highest BCUT2D eigenvalue weighted by molar-refractivity contribution is 5.72. The topological polar surface area (TPSA) is 87.0 Å². The van der Waals surface area contributed by atoms with Crippen molar-refractivity contribution >= 4 is 5.97 Å². The summed E-state index contributed by atoms with van der Waals surface area (Å²) in [7, 11) is 0. The van der Waals surface area contributed by atoms with Gasteiger partial charge in [0.15, 0.2) is 0 Å². The molecule has 11 atom stereocenters. The highest BCUT2D eigenvalue weighted by Crippen LogP contribution is 2.72. The van der Waals surface area contributed by atoms with Crippen molar-refractivity contribution in [2.75, 3.05) is 0 Å². The van der Waals surface area contributed by atoms with E-state index in [1.54, 1.807) is 0 Å². The van der Waals surface area contributed by atoms with E-state index in [0.29, 0.717) is 18.8 Å². The summed E-state index contributed by atoms with van der Waals surface area (Å²) in [4.78, 5) is 12.4. The molecular formula is C30H48O5. The number of hydrogen-bond acceptors (Lipinski definition) is 5. The smallest absolute Gasteiger partial charge is 0.308 e. The molecule has 0 aromatic carbocycles. The van der Waals surface area contributed by atoms with Crippen molar-refractivity contribution in [1.29, 1.82) is 0 Å². The first-order valence-corrected chi connectivity index (χ1v) is 14.2. The molecule has 3 N–H and O–H groups in total. The van der Waals surface area contributed by atoms with Crippen LogP contribution in [-0.4, -0.2) is 45.7 Å². The molecule has 5 heteroatoms. The molecule has 5 aliphatic rings. The zero-order chi connectivity index (χ0) is 25.7. The van der Waals surface area contributed by atoms with Crippen molar-refractivity contribution in [1.82, 2.24) is 0 Å². The van der Waals surface area contributed by atoms with Crippen LogP contribution in [-0.2, 0) is 9.53 Å². The maximum atomic E-state index is 12.4. The minimum absolute atomic E-state index is 0.0172. The molecule has 2 saturated carbocycles. The number of aliphatic hydroxyl groups excluding tert-OH is 3. The van der Waals surface area contributed by atoms with Gasteiger partial charge in [0.25, 0.3) is 0 Å². The van der Waals surface area contributed by atoms with Crippen LogP contribution in [0.5, 0.6) is 0 Å².